The van der Waals surface area contributed by atoms with Crippen LogP contribution in [-0.4, -0.2) is 92.5 Å². The maximum absolute atomic E-state index is 13.3. The maximum Gasteiger partial charge on any atom is 0.332 e. The first-order valence-electron chi connectivity index (χ1n) is 18.6. The van der Waals surface area contributed by atoms with E-state index < -0.39 is 11.2 Å². The monoisotopic (exact) mass is 799 g/mol. The number of hydrogen-bond acceptors (Lipinski definition) is 10. The van der Waals surface area contributed by atoms with Gasteiger partial charge in [0.2, 0.25) is 5.88 Å². The zero-order chi connectivity index (χ0) is 39.5. The van der Waals surface area contributed by atoms with Crippen LogP contribution >= 0.6 is 23.2 Å². The largest absolute Gasteiger partial charge is 0.481 e. The number of benzene rings is 2. The first-order valence-corrected chi connectivity index (χ1v) is 19.4. The third-order valence-electron chi connectivity index (χ3n) is 11.5. The molecule has 3 aliphatic rings. The van der Waals surface area contributed by atoms with Crippen molar-refractivity contribution in [2.75, 3.05) is 52.3 Å². The average Bonchev–Trinajstić information content (AvgIpc) is 3.80. The Morgan fingerprint density at radius 3 is 2.43 bits per heavy atom. The number of nitrogens with zero attached hydrogens (tertiary/aromatic N) is 7. The second-order valence-corrected chi connectivity index (χ2v) is 15.5. The summed E-state index contributed by atoms with van der Waals surface area (Å²) in [5.74, 6) is 1.18. The van der Waals surface area contributed by atoms with Gasteiger partial charge in [0.25, 0.3) is 5.56 Å². The molecule has 2 atom stereocenters. The fourth-order valence-corrected chi connectivity index (χ4v) is 9.11. The maximum atomic E-state index is 13.3. The van der Waals surface area contributed by atoms with Gasteiger partial charge in [-0.1, -0.05) is 53.5 Å². The quantitative estimate of drug-likeness (QED) is 0.193. The molecule has 1 spiro atoms. The van der Waals surface area contributed by atoms with Crippen LogP contribution in [0.15, 0.2) is 52.1 Å². The van der Waals surface area contributed by atoms with Crippen molar-refractivity contribution in [3.8, 4) is 28.3 Å². The van der Waals surface area contributed by atoms with Crippen LogP contribution < -0.4 is 26.6 Å². The number of hydrogen-bond donors (Lipinski definition) is 2. The van der Waals surface area contributed by atoms with Gasteiger partial charge in [0.05, 0.1) is 40.7 Å². The molecule has 2 amide bonds. The van der Waals surface area contributed by atoms with Crippen molar-refractivity contribution in [1.29, 1.82) is 0 Å². The number of fused-ring (bicyclic) bond motifs is 2. The van der Waals surface area contributed by atoms with Gasteiger partial charge in [-0.2, -0.15) is 0 Å². The highest BCUT2D eigenvalue weighted by atomic mass is 35.5. The third-order valence-corrected chi connectivity index (χ3v) is 12.3. The van der Waals surface area contributed by atoms with E-state index >= 15 is 0 Å². The number of rotatable bonds is 9. The summed E-state index contributed by atoms with van der Waals surface area (Å²) in [4.78, 5) is 57.1. The molecule has 56 heavy (non-hydrogen) atoms. The molecule has 3 aromatic heterocycles. The normalized spacial score (nSPS) is 19.5. The molecule has 0 bridgehead atoms. The number of halogens is 2. The molecule has 292 valence electrons. The Morgan fingerprint density at radius 1 is 0.946 bits per heavy atom. The van der Waals surface area contributed by atoms with Gasteiger partial charge in [-0.3, -0.25) is 18.8 Å². The summed E-state index contributed by atoms with van der Waals surface area (Å²) < 4.78 is 13.5. The summed E-state index contributed by atoms with van der Waals surface area (Å²) in [6, 6.07) is 13.5. The average molecular weight is 801 g/mol. The van der Waals surface area contributed by atoms with Gasteiger partial charge >= 0.3 is 11.7 Å². The molecule has 1 aliphatic carbocycles. The second kappa shape index (κ2) is 14.8. The van der Waals surface area contributed by atoms with E-state index in [0.29, 0.717) is 64.0 Å². The van der Waals surface area contributed by atoms with E-state index in [2.05, 4.69) is 31.6 Å². The van der Waals surface area contributed by atoms with E-state index in [1.54, 1.807) is 34.3 Å². The van der Waals surface area contributed by atoms with Gasteiger partial charge in [0, 0.05) is 75.7 Å². The number of urea groups is 1. The van der Waals surface area contributed by atoms with Crippen molar-refractivity contribution >= 4 is 51.8 Å². The second-order valence-electron chi connectivity index (χ2n) is 14.8. The molecule has 14 nitrogen and oxygen atoms in total. The number of carbonyl (C=O) groups is 1. The molecule has 0 unspecified atom stereocenters. The topological polar surface area (TPSA) is 149 Å². The van der Waals surface area contributed by atoms with Crippen LogP contribution in [-0.2, 0) is 25.3 Å². The minimum Gasteiger partial charge on any atom is -0.481 e. The number of aryl methyl sites for hydroxylation is 3. The number of amides is 2. The number of aromatic nitrogens is 5. The highest BCUT2D eigenvalue weighted by molar-refractivity contribution is 6.39. The Labute approximate surface area is 333 Å². The molecule has 5 aromatic rings. The molecule has 2 fully saturated rings. The molecule has 16 heteroatoms. The SMILES string of the molecule is COCCN1CC[C@@]2(CCN([C@@H]3CCc4cc(-c5cccc(-c6cccc(Nc7nc(C)nc8c7c(=O)n(C)c(=O)n8C)c6Cl)c5Cl)nc(OC)c43)C2)NC1=O. The van der Waals surface area contributed by atoms with E-state index in [1.165, 1.54) is 11.6 Å². The van der Waals surface area contributed by atoms with Gasteiger partial charge in [-0.25, -0.2) is 24.5 Å². The zero-order valence-corrected chi connectivity index (χ0v) is 33.4. The molecule has 8 rings (SSSR count). The third kappa shape index (κ3) is 6.47. The smallest absolute Gasteiger partial charge is 0.332 e. The summed E-state index contributed by atoms with van der Waals surface area (Å²) in [5.41, 5.74) is 4.48. The van der Waals surface area contributed by atoms with Crippen LogP contribution in [0.3, 0.4) is 0 Å². The zero-order valence-electron chi connectivity index (χ0n) is 31.9. The van der Waals surface area contributed by atoms with Crippen LogP contribution in [0.1, 0.15) is 42.3 Å². The number of methoxy groups -OCH3 is 2. The highest BCUT2D eigenvalue weighted by Gasteiger charge is 2.46. The van der Waals surface area contributed by atoms with Crippen molar-refractivity contribution in [1.82, 2.24) is 39.2 Å². The lowest BCUT2D eigenvalue weighted by molar-refractivity contribution is 0.114. The van der Waals surface area contributed by atoms with E-state index in [4.69, 9.17) is 37.7 Å². The molecule has 2 aromatic carbocycles. The standard InChI is InChI=1S/C40H43Cl2N9O5/c1-22-43-34(31-35(44-22)48(2)39(54)49(3)37(31)52)45-27-11-7-9-25(33(27)42)24-8-6-10-26(32(24)41)28-20-23-12-13-29(30(23)36(46-28)56-5)51-17-15-40(21-51)14-16-50(18-19-55-4)38(53)47-40/h6-11,20,29H,12-19,21H2,1-5H3,(H,47,53)(H,43,44,45)/t29-,40+/m1/s1. The lowest BCUT2D eigenvalue weighted by Crippen LogP contribution is -2.61. The molecule has 0 radical (unpaired) electrons. The molecule has 5 heterocycles. The van der Waals surface area contributed by atoms with Gasteiger partial charge in [0.1, 0.15) is 17.0 Å². The number of likely N-dealkylation sites (tertiary alicyclic amines) is 1. The van der Waals surface area contributed by atoms with Crippen LogP contribution in [0.4, 0.5) is 16.3 Å². The Balaban J connectivity index is 1.08. The van der Waals surface area contributed by atoms with E-state index in [1.807, 2.05) is 35.2 Å². The van der Waals surface area contributed by atoms with Crippen molar-refractivity contribution in [3.05, 3.63) is 90.3 Å². The minimum absolute atomic E-state index is 0.0232. The lowest BCUT2D eigenvalue weighted by Gasteiger charge is -2.40. The molecular weight excluding hydrogens is 757 g/mol. The van der Waals surface area contributed by atoms with Gasteiger partial charge in [-0.15, -0.1) is 0 Å². The van der Waals surface area contributed by atoms with Gasteiger partial charge < -0.3 is 25.0 Å². The fourth-order valence-electron chi connectivity index (χ4n) is 8.51. The number of nitrogens with one attached hydrogen (secondary N) is 2. The van der Waals surface area contributed by atoms with Crippen molar-refractivity contribution in [2.24, 2.45) is 14.1 Å². The van der Waals surface area contributed by atoms with Gasteiger partial charge in [-0.05, 0) is 50.3 Å². The molecule has 2 aliphatic heterocycles. The number of anilines is 2. The van der Waals surface area contributed by atoms with E-state index in [0.717, 1.165) is 60.0 Å². The predicted molar refractivity (Wildman–Crippen MR) is 216 cm³/mol. The van der Waals surface area contributed by atoms with Crippen LogP contribution in [0, 0.1) is 6.92 Å². The van der Waals surface area contributed by atoms with Crippen LogP contribution in [0.2, 0.25) is 10.0 Å². The molecule has 2 saturated heterocycles. The summed E-state index contributed by atoms with van der Waals surface area (Å²) in [6.07, 6.45) is 3.57. The first kappa shape index (κ1) is 37.9. The predicted octanol–water partition coefficient (Wildman–Crippen LogP) is 5.62. The lowest BCUT2D eigenvalue weighted by atomic mass is 9.92. The van der Waals surface area contributed by atoms with Crippen molar-refractivity contribution < 1.29 is 14.3 Å². The van der Waals surface area contributed by atoms with E-state index in [9.17, 15) is 14.4 Å². The van der Waals surface area contributed by atoms with Crippen molar-refractivity contribution in [2.45, 2.75) is 44.2 Å². The summed E-state index contributed by atoms with van der Waals surface area (Å²) in [6.45, 7) is 5.16. The van der Waals surface area contributed by atoms with E-state index in [-0.39, 0.29) is 34.5 Å². The summed E-state index contributed by atoms with van der Waals surface area (Å²) >= 11 is 14.3. The fraction of sp³-hybridized carbons (Fsp3) is 0.400. The minimum atomic E-state index is -0.523. The summed E-state index contributed by atoms with van der Waals surface area (Å²) in [7, 11) is 6.28. The summed E-state index contributed by atoms with van der Waals surface area (Å²) in [5, 5.41) is 7.56. The molecule has 0 saturated carbocycles. The first-order chi connectivity index (χ1) is 26.9. The number of pyridine rings is 1. The Bertz CT molecular complexity index is 2520. The Hall–Kier alpha value is -5.02. The number of ether oxygens (including phenoxy) is 2. The van der Waals surface area contributed by atoms with Crippen molar-refractivity contribution in [3.63, 3.8) is 0 Å². The highest BCUT2D eigenvalue weighted by Crippen LogP contribution is 2.47. The Morgan fingerprint density at radius 2 is 1.68 bits per heavy atom. The number of carbonyl (C=O) groups excluding carboxylic acids is 1. The van der Waals surface area contributed by atoms with Crippen LogP contribution in [0.5, 0.6) is 5.88 Å². The van der Waals surface area contributed by atoms with Gasteiger partial charge in [0.15, 0.2) is 5.65 Å². The van der Waals surface area contributed by atoms with Crippen LogP contribution in [0.25, 0.3) is 33.4 Å². The molecular formula is C40H43Cl2N9O5. The Kier molecular flexibility index (Phi) is 10.0. The molecule has 2 N–H and O–H groups in total.